The van der Waals surface area contributed by atoms with E-state index in [1.807, 2.05) is 11.3 Å². The molecule has 2 atom stereocenters. The molecule has 1 heterocycles. The van der Waals surface area contributed by atoms with Crippen molar-refractivity contribution in [2.24, 2.45) is 29.6 Å². The van der Waals surface area contributed by atoms with Crippen LogP contribution in [0.2, 0.25) is 0 Å². The molecule has 31 heavy (non-hydrogen) atoms. The van der Waals surface area contributed by atoms with Gasteiger partial charge >= 0.3 is 0 Å². The quantitative estimate of drug-likeness (QED) is 0.655. The van der Waals surface area contributed by atoms with Crippen molar-refractivity contribution < 1.29 is 4.79 Å². The van der Waals surface area contributed by atoms with E-state index in [2.05, 4.69) is 10.6 Å². The van der Waals surface area contributed by atoms with Gasteiger partial charge in [0.25, 0.3) is 0 Å². The molecule has 0 aliphatic heterocycles. The maximum Gasteiger partial charge on any atom is 0.217 e. The molecule has 0 aromatic carbocycles. The highest BCUT2D eigenvalue weighted by Crippen LogP contribution is 2.63. The van der Waals surface area contributed by atoms with E-state index in [1.165, 1.54) is 75.6 Å². The van der Waals surface area contributed by atoms with Crippen molar-refractivity contribution in [1.29, 1.82) is 0 Å². The Hall–Kier alpha value is -0.880. The Morgan fingerprint density at radius 2 is 1.39 bits per heavy atom. The van der Waals surface area contributed by atoms with Crippen LogP contribution in [0.15, 0.2) is 0 Å². The number of hydrogen-bond donors (Lipinski definition) is 2. The maximum absolute atomic E-state index is 12.0. The van der Waals surface area contributed by atoms with Gasteiger partial charge in [-0.25, -0.2) is 0 Å². The summed E-state index contributed by atoms with van der Waals surface area (Å²) in [7, 11) is 0. The zero-order chi connectivity index (χ0) is 20.1. The van der Waals surface area contributed by atoms with E-state index in [0.29, 0.717) is 5.54 Å². The third kappa shape index (κ3) is 3.25. The molecule has 0 radical (unpaired) electrons. The van der Waals surface area contributed by atoms with Crippen LogP contribution in [0.25, 0.3) is 0 Å². The number of carbonyl (C=O) groups excluding carboxylic acids is 1. The van der Waals surface area contributed by atoms with Crippen molar-refractivity contribution in [2.45, 2.75) is 100 Å². The molecule has 0 spiro atoms. The largest absolute Gasteiger partial charge is 0.355 e. The van der Waals surface area contributed by atoms with Crippen LogP contribution in [-0.2, 0) is 10.2 Å². The van der Waals surface area contributed by atoms with Crippen molar-refractivity contribution in [3.05, 3.63) is 5.01 Å². The van der Waals surface area contributed by atoms with Crippen molar-refractivity contribution in [3.8, 4) is 0 Å². The summed E-state index contributed by atoms with van der Waals surface area (Å²) in [6.07, 6.45) is 15.7. The Balaban J connectivity index is 0.00000185. The number of rotatable bonds is 4. The van der Waals surface area contributed by atoms with Crippen LogP contribution in [-0.4, -0.2) is 27.2 Å². The van der Waals surface area contributed by atoms with Crippen LogP contribution in [0.3, 0.4) is 0 Å². The van der Waals surface area contributed by atoms with E-state index in [-0.39, 0.29) is 29.3 Å². The van der Waals surface area contributed by atoms with Gasteiger partial charge in [-0.3, -0.25) is 4.79 Å². The molecule has 1 aromatic rings. The Morgan fingerprint density at radius 1 is 0.839 bits per heavy atom. The van der Waals surface area contributed by atoms with Gasteiger partial charge in [0.15, 0.2) is 0 Å². The summed E-state index contributed by atoms with van der Waals surface area (Å²) in [6.45, 7) is 1.68. The molecule has 1 amide bonds. The zero-order valence-electron chi connectivity index (χ0n) is 18.5. The van der Waals surface area contributed by atoms with Crippen molar-refractivity contribution in [3.63, 3.8) is 0 Å². The molecule has 9 rings (SSSR count). The van der Waals surface area contributed by atoms with Gasteiger partial charge in [0.1, 0.15) is 5.01 Å². The van der Waals surface area contributed by atoms with Crippen molar-refractivity contribution in [1.82, 2.24) is 15.5 Å². The number of nitrogens with zero attached hydrogens (tertiary/aromatic N) is 2. The van der Waals surface area contributed by atoms with Gasteiger partial charge in [-0.05, 0) is 107 Å². The zero-order valence-corrected chi connectivity index (χ0v) is 20.1. The standard InChI is InChI=1S/C24H34N4OS.ClH/c1-14(29)25-24-11-18-5-19(12-24)7-22(6-18,13-24)20-27-28-21(30-20)26-23-8-15-2-16(9-23)4-17(3-15)10-23;/h15-19H,2-13H2,1H3,(H,25,29)(H,26,28);1H. The molecule has 8 aliphatic rings. The summed E-state index contributed by atoms with van der Waals surface area (Å²) < 4.78 is 0. The molecule has 7 heteroatoms. The van der Waals surface area contributed by atoms with Gasteiger partial charge in [0, 0.05) is 23.4 Å². The first kappa shape index (κ1) is 20.7. The Bertz CT molecular complexity index is 851. The summed E-state index contributed by atoms with van der Waals surface area (Å²) in [5, 5.41) is 19.2. The molecule has 8 aliphatic carbocycles. The summed E-state index contributed by atoms with van der Waals surface area (Å²) in [5.74, 6) is 4.43. The summed E-state index contributed by atoms with van der Waals surface area (Å²) in [6, 6.07) is 0. The average Bonchev–Trinajstić information content (AvgIpc) is 3.06. The van der Waals surface area contributed by atoms with Gasteiger partial charge in [-0.1, -0.05) is 11.3 Å². The van der Waals surface area contributed by atoms with E-state index in [0.717, 1.165) is 41.1 Å². The van der Waals surface area contributed by atoms with Crippen LogP contribution in [0, 0.1) is 29.6 Å². The molecule has 5 nitrogen and oxygen atoms in total. The lowest BCUT2D eigenvalue weighted by Gasteiger charge is -2.61. The van der Waals surface area contributed by atoms with Crippen LogP contribution in [0.5, 0.6) is 0 Å². The molecule has 8 fully saturated rings. The third-order valence-corrected chi connectivity index (χ3v) is 10.9. The second kappa shape index (κ2) is 6.82. The number of hydrogen-bond acceptors (Lipinski definition) is 5. The number of carbonyl (C=O) groups is 1. The van der Waals surface area contributed by atoms with E-state index in [9.17, 15) is 4.79 Å². The van der Waals surface area contributed by atoms with Crippen molar-refractivity contribution in [2.75, 3.05) is 5.32 Å². The Morgan fingerprint density at radius 3 is 1.97 bits per heavy atom. The van der Waals surface area contributed by atoms with E-state index in [1.54, 1.807) is 6.92 Å². The smallest absolute Gasteiger partial charge is 0.217 e. The minimum absolute atomic E-state index is 0. The first-order valence-electron chi connectivity index (χ1n) is 12.3. The summed E-state index contributed by atoms with van der Waals surface area (Å²) in [5.41, 5.74) is 0.450. The summed E-state index contributed by atoms with van der Waals surface area (Å²) >= 11 is 1.84. The van der Waals surface area contributed by atoms with E-state index < -0.39 is 0 Å². The Kier molecular flexibility index (Phi) is 4.55. The molecule has 2 N–H and O–H groups in total. The second-order valence-electron chi connectivity index (χ2n) is 12.4. The maximum atomic E-state index is 12.0. The molecule has 1 aromatic heterocycles. The fourth-order valence-electron chi connectivity index (χ4n) is 10.0. The number of anilines is 1. The fourth-order valence-corrected chi connectivity index (χ4v) is 11.1. The highest BCUT2D eigenvalue weighted by molar-refractivity contribution is 7.15. The normalized spacial score (nSPS) is 48.5. The predicted molar refractivity (Wildman–Crippen MR) is 125 cm³/mol. The van der Waals surface area contributed by atoms with Gasteiger partial charge in [0.05, 0.1) is 0 Å². The third-order valence-electron chi connectivity index (χ3n) is 9.79. The first-order chi connectivity index (χ1) is 14.4. The number of nitrogens with one attached hydrogen (secondary N) is 2. The number of amides is 1. The number of aromatic nitrogens is 2. The van der Waals surface area contributed by atoms with E-state index in [4.69, 9.17) is 10.2 Å². The molecule has 8 saturated carbocycles. The second-order valence-corrected chi connectivity index (χ2v) is 13.4. The van der Waals surface area contributed by atoms with Crippen LogP contribution in [0.4, 0.5) is 5.13 Å². The highest BCUT2D eigenvalue weighted by atomic mass is 35.5. The minimum Gasteiger partial charge on any atom is -0.355 e. The Labute approximate surface area is 195 Å². The lowest BCUT2D eigenvalue weighted by atomic mass is 9.47. The van der Waals surface area contributed by atoms with Crippen LogP contribution < -0.4 is 10.6 Å². The predicted octanol–water partition coefficient (Wildman–Crippen LogP) is 5.07. The average molecular weight is 463 g/mol. The lowest BCUT2D eigenvalue weighted by Crippen LogP contribution is -2.64. The van der Waals surface area contributed by atoms with Gasteiger partial charge in [0.2, 0.25) is 11.0 Å². The molecule has 0 saturated heterocycles. The lowest BCUT2D eigenvalue weighted by molar-refractivity contribution is -0.125. The van der Waals surface area contributed by atoms with Gasteiger partial charge in [-0.15, -0.1) is 22.6 Å². The van der Waals surface area contributed by atoms with Crippen LogP contribution >= 0.6 is 23.7 Å². The van der Waals surface area contributed by atoms with Gasteiger partial charge < -0.3 is 10.6 Å². The molecular weight excluding hydrogens is 428 g/mol. The van der Waals surface area contributed by atoms with Crippen LogP contribution in [0.1, 0.15) is 89.0 Å². The monoisotopic (exact) mass is 462 g/mol. The number of halogens is 1. The molecular formula is C24H35ClN4OS. The first-order valence-corrected chi connectivity index (χ1v) is 13.1. The highest BCUT2D eigenvalue weighted by Gasteiger charge is 2.60. The molecule has 170 valence electrons. The topological polar surface area (TPSA) is 66.9 Å². The molecule has 2 unspecified atom stereocenters. The van der Waals surface area contributed by atoms with E-state index >= 15 is 0 Å². The van der Waals surface area contributed by atoms with Crippen molar-refractivity contribution >= 4 is 34.8 Å². The molecule has 8 bridgehead atoms. The SMILES string of the molecule is CC(=O)NC12CC3CC(C1)CC(c1nnc(NC45CC6CC(CC(C6)C4)C5)s1)(C3)C2.Cl. The van der Waals surface area contributed by atoms with Gasteiger partial charge in [-0.2, -0.15) is 0 Å². The minimum atomic E-state index is 0. The summed E-state index contributed by atoms with van der Waals surface area (Å²) in [4.78, 5) is 12.0. The fraction of sp³-hybridized carbons (Fsp3) is 0.875.